The SMILES string of the molecule is Cc1cccc2c1N1C(=CN(C)C1C)C2. The predicted octanol–water partition coefficient (Wildman–Crippen LogP) is 2.49. The third kappa shape index (κ3) is 1.05. The first-order chi connectivity index (χ1) is 7.18. The van der Waals surface area contributed by atoms with E-state index in [4.69, 9.17) is 0 Å². The minimum absolute atomic E-state index is 0.461. The zero-order chi connectivity index (χ0) is 10.6. The van der Waals surface area contributed by atoms with Crippen LogP contribution in [0.1, 0.15) is 18.1 Å². The fourth-order valence-corrected chi connectivity index (χ4v) is 2.69. The molecule has 0 saturated carbocycles. The maximum absolute atomic E-state index is 2.46. The predicted molar refractivity (Wildman–Crippen MR) is 62.7 cm³/mol. The summed E-state index contributed by atoms with van der Waals surface area (Å²) in [7, 11) is 2.15. The molecule has 2 aliphatic rings. The normalized spacial score (nSPS) is 22.9. The molecular formula is C13H16N2. The molecule has 15 heavy (non-hydrogen) atoms. The minimum atomic E-state index is 0.461. The molecule has 2 aliphatic heterocycles. The van der Waals surface area contributed by atoms with Gasteiger partial charge in [-0.15, -0.1) is 0 Å². The van der Waals surface area contributed by atoms with Crippen LogP contribution in [-0.4, -0.2) is 18.1 Å². The van der Waals surface area contributed by atoms with Crippen molar-refractivity contribution in [3.63, 3.8) is 0 Å². The lowest BCUT2D eigenvalue weighted by Crippen LogP contribution is -2.34. The first kappa shape index (κ1) is 8.84. The third-order valence-electron chi connectivity index (χ3n) is 3.56. The van der Waals surface area contributed by atoms with E-state index >= 15 is 0 Å². The summed E-state index contributed by atoms with van der Waals surface area (Å²) in [6.45, 7) is 4.46. The molecule has 2 heterocycles. The summed E-state index contributed by atoms with van der Waals surface area (Å²) in [6.07, 6.45) is 3.82. The van der Waals surface area contributed by atoms with Crippen LogP contribution in [0.4, 0.5) is 5.69 Å². The van der Waals surface area contributed by atoms with Crippen LogP contribution in [-0.2, 0) is 6.42 Å². The van der Waals surface area contributed by atoms with E-state index in [0.717, 1.165) is 6.42 Å². The standard InChI is InChI=1S/C13H16N2/c1-9-5-4-6-11-7-12-8-14(3)10(2)15(12)13(9)11/h4-6,8,10H,7H2,1-3H3. The summed E-state index contributed by atoms with van der Waals surface area (Å²) in [6, 6.07) is 6.60. The highest BCUT2D eigenvalue weighted by Gasteiger charge is 2.34. The van der Waals surface area contributed by atoms with Gasteiger partial charge in [0.2, 0.25) is 0 Å². The number of nitrogens with zero attached hydrogens (tertiary/aromatic N) is 2. The third-order valence-corrected chi connectivity index (χ3v) is 3.56. The van der Waals surface area contributed by atoms with Crippen molar-refractivity contribution in [1.29, 1.82) is 0 Å². The Kier molecular flexibility index (Phi) is 1.64. The monoisotopic (exact) mass is 200 g/mol. The van der Waals surface area contributed by atoms with E-state index in [-0.39, 0.29) is 0 Å². The zero-order valence-corrected chi connectivity index (χ0v) is 9.49. The van der Waals surface area contributed by atoms with Gasteiger partial charge in [0.15, 0.2) is 0 Å². The van der Waals surface area contributed by atoms with Crippen LogP contribution >= 0.6 is 0 Å². The quantitative estimate of drug-likeness (QED) is 0.635. The topological polar surface area (TPSA) is 6.48 Å². The Balaban J connectivity index is 2.16. The van der Waals surface area contributed by atoms with Crippen molar-refractivity contribution >= 4 is 5.69 Å². The molecule has 78 valence electrons. The molecule has 1 aromatic rings. The summed E-state index contributed by atoms with van der Waals surface area (Å²) < 4.78 is 0. The molecule has 2 heteroatoms. The number of para-hydroxylation sites is 1. The molecule has 0 saturated heterocycles. The number of fused-ring (bicyclic) bond motifs is 3. The van der Waals surface area contributed by atoms with Gasteiger partial charge in [-0.25, -0.2) is 0 Å². The van der Waals surface area contributed by atoms with Crippen molar-refractivity contribution in [3.8, 4) is 0 Å². The van der Waals surface area contributed by atoms with Crippen molar-refractivity contribution in [2.24, 2.45) is 0 Å². The van der Waals surface area contributed by atoms with Crippen LogP contribution in [0.2, 0.25) is 0 Å². The second kappa shape index (κ2) is 2.78. The van der Waals surface area contributed by atoms with Gasteiger partial charge in [0.25, 0.3) is 0 Å². The highest BCUT2D eigenvalue weighted by Crippen LogP contribution is 2.41. The molecule has 1 unspecified atom stereocenters. The van der Waals surface area contributed by atoms with Crippen molar-refractivity contribution in [2.75, 3.05) is 11.9 Å². The summed E-state index contributed by atoms with van der Waals surface area (Å²) in [5, 5.41) is 0. The van der Waals surface area contributed by atoms with E-state index in [0.29, 0.717) is 6.17 Å². The van der Waals surface area contributed by atoms with Crippen LogP contribution in [0.5, 0.6) is 0 Å². The number of anilines is 1. The lowest BCUT2D eigenvalue weighted by molar-refractivity contribution is 0.383. The molecule has 0 radical (unpaired) electrons. The second-order valence-corrected chi connectivity index (χ2v) is 4.55. The van der Waals surface area contributed by atoms with E-state index in [1.165, 1.54) is 22.5 Å². The first-order valence-corrected chi connectivity index (χ1v) is 5.49. The fraction of sp³-hybridized carbons (Fsp3) is 0.385. The molecule has 2 nitrogen and oxygen atoms in total. The first-order valence-electron chi connectivity index (χ1n) is 5.49. The maximum Gasteiger partial charge on any atom is 0.102 e. The number of benzene rings is 1. The number of hydrogen-bond acceptors (Lipinski definition) is 2. The molecule has 0 fully saturated rings. The average Bonchev–Trinajstić information content (AvgIpc) is 2.66. The molecule has 0 N–H and O–H groups in total. The van der Waals surface area contributed by atoms with E-state index in [9.17, 15) is 0 Å². The molecule has 0 aromatic heterocycles. The van der Waals surface area contributed by atoms with Crippen molar-refractivity contribution in [3.05, 3.63) is 41.2 Å². The number of hydrogen-bond donors (Lipinski definition) is 0. The Bertz CT molecular complexity index is 448. The number of allylic oxidation sites excluding steroid dienone is 1. The van der Waals surface area contributed by atoms with Crippen LogP contribution in [0.15, 0.2) is 30.1 Å². The largest absolute Gasteiger partial charge is 0.359 e. The van der Waals surface area contributed by atoms with Crippen molar-refractivity contribution in [1.82, 2.24) is 4.90 Å². The minimum Gasteiger partial charge on any atom is -0.359 e. The Morgan fingerprint density at radius 1 is 1.33 bits per heavy atom. The highest BCUT2D eigenvalue weighted by atomic mass is 15.4. The molecule has 0 amide bonds. The fourth-order valence-electron chi connectivity index (χ4n) is 2.69. The molecule has 1 atom stereocenters. The molecule has 0 spiro atoms. The molecule has 1 aromatic carbocycles. The van der Waals surface area contributed by atoms with Gasteiger partial charge in [0.05, 0.1) is 0 Å². The van der Waals surface area contributed by atoms with Crippen molar-refractivity contribution in [2.45, 2.75) is 26.4 Å². The van der Waals surface area contributed by atoms with Crippen LogP contribution in [0, 0.1) is 6.92 Å². The van der Waals surface area contributed by atoms with E-state index in [2.05, 4.69) is 55.1 Å². The Hall–Kier alpha value is -1.44. The Labute approximate surface area is 90.8 Å². The smallest absolute Gasteiger partial charge is 0.102 e. The van der Waals surface area contributed by atoms with Crippen LogP contribution < -0.4 is 4.90 Å². The van der Waals surface area contributed by atoms with E-state index in [1.54, 1.807) is 0 Å². The molecule has 0 aliphatic carbocycles. The Morgan fingerprint density at radius 3 is 2.93 bits per heavy atom. The van der Waals surface area contributed by atoms with Gasteiger partial charge >= 0.3 is 0 Å². The van der Waals surface area contributed by atoms with Gasteiger partial charge in [0.1, 0.15) is 6.17 Å². The van der Waals surface area contributed by atoms with Crippen LogP contribution in [0.25, 0.3) is 0 Å². The molecule has 0 bridgehead atoms. The van der Waals surface area contributed by atoms with Gasteiger partial charge in [-0.2, -0.15) is 0 Å². The van der Waals surface area contributed by atoms with Gasteiger partial charge in [-0.05, 0) is 25.0 Å². The maximum atomic E-state index is 2.46. The lowest BCUT2D eigenvalue weighted by atomic mass is 10.1. The van der Waals surface area contributed by atoms with Gasteiger partial charge in [0, 0.05) is 31.1 Å². The molecule has 3 rings (SSSR count). The summed E-state index contributed by atoms with van der Waals surface area (Å²) >= 11 is 0. The van der Waals surface area contributed by atoms with Gasteiger partial charge in [-0.3, -0.25) is 0 Å². The summed E-state index contributed by atoms with van der Waals surface area (Å²) in [4.78, 5) is 4.75. The van der Waals surface area contributed by atoms with Crippen molar-refractivity contribution < 1.29 is 0 Å². The van der Waals surface area contributed by atoms with E-state index < -0.39 is 0 Å². The molecular weight excluding hydrogens is 184 g/mol. The summed E-state index contributed by atoms with van der Waals surface area (Å²) in [5.74, 6) is 0. The van der Waals surface area contributed by atoms with Gasteiger partial charge in [-0.1, -0.05) is 18.2 Å². The highest BCUT2D eigenvalue weighted by molar-refractivity contribution is 5.70. The van der Waals surface area contributed by atoms with Gasteiger partial charge < -0.3 is 9.80 Å². The Morgan fingerprint density at radius 2 is 2.13 bits per heavy atom. The lowest BCUT2D eigenvalue weighted by Gasteiger charge is -2.28. The van der Waals surface area contributed by atoms with E-state index in [1.807, 2.05) is 0 Å². The average molecular weight is 200 g/mol. The second-order valence-electron chi connectivity index (χ2n) is 4.55. The van der Waals surface area contributed by atoms with Crippen LogP contribution in [0.3, 0.4) is 0 Å². The zero-order valence-electron chi connectivity index (χ0n) is 9.49. The summed E-state index contributed by atoms with van der Waals surface area (Å²) in [5.41, 5.74) is 5.73. The number of aryl methyl sites for hydroxylation is 1. The number of rotatable bonds is 0.